The number of hydrogen-bond donors (Lipinski definition) is 0. The highest BCUT2D eigenvalue weighted by molar-refractivity contribution is 5.94. The van der Waals surface area contributed by atoms with Gasteiger partial charge >= 0.3 is 0 Å². The Labute approximate surface area is 158 Å². The van der Waals surface area contributed by atoms with E-state index >= 15 is 0 Å². The molecule has 0 radical (unpaired) electrons. The minimum Gasteiger partial charge on any atom is -0.336 e. The Morgan fingerprint density at radius 1 is 0.926 bits per heavy atom. The Hall–Kier alpha value is -2.79. The van der Waals surface area contributed by atoms with Gasteiger partial charge in [-0.3, -0.25) is 9.69 Å². The number of amides is 1. The lowest BCUT2D eigenvalue weighted by molar-refractivity contribution is 0.0755. The molecule has 0 spiro atoms. The van der Waals surface area contributed by atoms with Crippen LogP contribution in [0.5, 0.6) is 0 Å². The topological polar surface area (TPSA) is 36.4 Å². The number of rotatable bonds is 3. The molecule has 0 aliphatic carbocycles. The van der Waals surface area contributed by atoms with Crippen molar-refractivity contribution in [1.82, 2.24) is 14.8 Å². The second kappa shape index (κ2) is 7.84. The molecule has 1 amide bonds. The number of aromatic nitrogens is 1. The van der Waals surface area contributed by atoms with Crippen LogP contribution in [-0.4, -0.2) is 46.9 Å². The lowest BCUT2D eigenvalue weighted by Crippen LogP contribution is -2.35. The van der Waals surface area contributed by atoms with Gasteiger partial charge in [0.2, 0.25) is 0 Å². The fraction of sp³-hybridized carbons (Fsp3) is 0.273. The van der Waals surface area contributed by atoms with Crippen molar-refractivity contribution in [2.24, 2.45) is 0 Å². The van der Waals surface area contributed by atoms with Gasteiger partial charge < -0.3 is 4.90 Å². The number of para-hydroxylation sites is 1. The monoisotopic (exact) mass is 363 g/mol. The Morgan fingerprint density at radius 3 is 2.63 bits per heavy atom. The largest absolute Gasteiger partial charge is 0.336 e. The summed E-state index contributed by atoms with van der Waals surface area (Å²) in [7, 11) is 0. The molecule has 2 heterocycles. The van der Waals surface area contributed by atoms with Crippen LogP contribution in [0, 0.1) is 5.82 Å². The number of hydrogen-bond acceptors (Lipinski definition) is 3. The Kier molecular flexibility index (Phi) is 5.12. The number of carbonyl (C=O) groups excluding carboxylic acids is 1. The van der Waals surface area contributed by atoms with E-state index in [4.69, 9.17) is 0 Å². The molecule has 138 valence electrons. The minimum atomic E-state index is -0.171. The van der Waals surface area contributed by atoms with Crippen molar-refractivity contribution in [3.05, 3.63) is 77.7 Å². The molecule has 1 aliphatic rings. The fourth-order valence-corrected chi connectivity index (χ4v) is 3.55. The van der Waals surface area contributed by atoms with Crippen molar-refractivity contribution < 1.29 is 9.18 Å². The Morgan fingerprint density at radius 2 is 1.74 bits per heavy atom. The first-order valence-electron chi connectivity index (χ1n) is 9.31. The van der Waals surface area contributed by atoms with Gasteiger partial charge in [-0.1, -0.05) is 42.5 Å². The number of pyridine rings is 1. The fourth-order valence-electron chi connectivity index (χ4n) is 3.55. The molecular formula is C22H22FN3O. The molecule has 3 aromatic rings. The summed E-state index contributed by atoms with van der Waals surface area (Å²) >= 11 is 0. The first kappa shape index (κ1) is 17.6. The maximum Gasteiger partial charge on any atom is 0.272 e. The van der Waals surface area contributed by atoms with Crippen LogP contribution in [0.25, 0.3) is 10.9 Å². The molecule has 0 N–H and O–H groups in total. The van der Waals surface area contributed by atoms with E-state index in [1.165, 1.54) is 6.07 Å². The van der Waals surface area contributed by atoms with Gasteiger partial charge in [0.05, 0.1) is 5.52 Å². The molecule has 2 aromatic carbocycles. The van der Waals surface area contributed by atoms with Gasteiger partial charge in [-0.05, 0) is 24.6 Å². The summed E-state index contributed by atoms with van der Waals surface area (Å²) in [5.41, 5.74) is 2.02. The van der Waals surface area contributed by atoms with Crippen LogP contribution in [0.4, 0.5) is 4.39 Å². The van der Waals surface area contributed by atoms with Gasteiger partial charge in [0.1, 0.15) is 11.5 Å². The van der Waals surface area contributed by atoms with Crippen LogP contribution >= 0.6 is 0 Å². The van der Waals surface area contributed by atoms with Crippen LogP contribution in [-0.2, 0) is 6.54 Å². The van der Waals surface area contributed by atoms with Crippen LogP contribution in [0.1, 0.15) is 22.5 Å². The summed E-state index contributed by atoms with van der Waals surface area (Å²) < 4.78 is 13.9. The highest BCUT2D eigenvalue weighted by atomic mass is 19.1. The molecule has 0 bridgehead atoms. The van der Waals surface area contributed by atoms with Crippen molar-refractivity contribution in [1.29, 1.82) is 0 Å². The molecule has 1 fully saturated rings. The Balaban J connectivity index is 1.44. The summed E-state index contributed by atoms with van der Waals surface area (Å²) in [5.74, 6) is -0.205. The third kappa shape index (κ3) is 3.98. The second-order valence-electron chi connectivity index (χ2n) is 6.90. The number of fused-ring (bicyclic) bond motifs is 1. The predicted octanol–water partition coefficient (Wildman–Crippen LogP) is 3.72. The van der Waals surface area contributed by atoms with E-state index in [1.807, 2.05) is 47.4 Å². The number of carbonyl (C=O) groups is 1. The van der Waals surface area contributed by atoms with Gasteiger partial charge in [0, 0.05) is 43.7 Å². The number of halogens is 1. The predicted molar refractivity (Wildman–Crippen MR) is 104 cm³/mol. The number of benzene rings is 2. The highest BCUT2D eigenvalue weighted by Gasteiger charge is 2.21. The van der Waals surface area contributed by atoms with E-state index in [9.17, 15) is 9.18 Å². The van der Waals surface area contributed by atoms with Crippen molar-refractivity contribution in [3.63, 3.8) is 0 Å². The second-order valence-corrected chi connectivity index (χ2v) is 6.90. The van der Waals surface area contributed by atoms with E-state index in [0.717, 1.165) is 30.4 Å². The van der Waals surface area contributed by atoms with Crippen molar-refractivity contribution in [3.8, 4) is 0 Å². The van der Waals surface area contributed by atoms with Gasteiger partial charge in [0.25, 0.3) is 5.91 Å². The Bertz CT molecular complexity index is 959. The van der Waals surface area contributed by atoms with E-state index in [-0.39, 0.29) is 11.7 Å². The SMILES string of the molecule is O=C(c1ccc2ccccc2n1)N1CCCN(Cc2ccccc2F)CC1. The molecular weight excluding hydrogens is 341 g/mol. The van der Waals surface area contributed by atoms with Gasteiger partial charge in [-0.15, -0.1) is 0 Å². The van der Waals surface area contributed by atoms with E-state index < -0.39 is 0 Å². The van der Waals surface area contributed by atoms with Crippen LogP contribution in [0.2, 0.25) is 0 Å². The van der Waals surface area contributed by atoms with E-state index in [0.29, 0.717) is 30.9 Å². The summed E-state index contributed by atoms with van der Waals surface area (Å²) in [5, 5.41) is 1.03. The van der Waals surface area contributed by atoms with Crippen LogP contribution < -0.4 is 0 Å². The molecule has 0 atom stereocenters. The van der Waals surface area contributed by atoms with Gasteiger partial charge in [-0.25, -0.2) is 9.37 Å². The summed E-state index contributed by atoms with van der Waals surface area (Å²) in [6.45, 7) is 3.47. The molecule has 4 nitrogen and oxygen atoms in total. The average Bonchev–Trinajstić information content (AvgIpc) is 2.94. The van der Waals surface area contributed by atoms with Crippen LogP contribution in [0.15, 0.2) is 60.7 Å². The highest BCUT2D eigenvalue weighted by Crippen LogP contribution is 2.16. The van der Waals surface area contributed by atoms with Crippen molar-refractivity contribution >= 4 is 16.8 Å². The molecule has 5 heteroatoms. The standard InChI is InChI=1S/C22H22FN3O/c23-19-8-3-1-7-18(19)16-25-12-5-13-26(15-14-25)22(27)21-11-10-17-6-2-4-9-20(17)24-21/h1-4,6-11H,5,12-16H2. The molecule has 1 aromatic heterocycles. The minimum absolute atomic E-state index is 0.0338. The summed E-state index contributed by atoms with van der Waals surface area (Å²) in [4.78, 5) is 21.5. The number of nitrogens with zero attached hydrogens (tertiary/aromatic N) is 3. The van der Waals surface area contributed by atoms with E-state index in [2.05, 4.69) is 9.88 Å². The third-order valence-electron chi connectivity index (χ3n) is 5.05. The van der Waals surface area contributed by atoms with Crippen LogP contribution in [0.3, 0.4) is 0 Å². The van der Waals surface area contributed by atoms with Crippen molar-refractivity contribution in [2.75, 3.05) is 26.2 Å². The molecule has 1 saturated heterocycles. The van der Waals surface area contributed by atoms with Gasteiger partial charge in [0.15, 0.2) is 0 Å². The summed E-state index contributed by atoms with van der Waals surface area (Å²) in [6, 6.07) is 18.4. The quantitative estimate of drug-likeness (QED) is 0.712. The molecule has 0 saturated carbocycles. The average molecular weight is 363 g/mol. The first-order valence-corrected chi connectivity index (χ1v) is 9.31. The van der Waals surface area contributed by atoms with E-state index in [1.54, 1.807) is 12.1 Å². The summed E-state index contributed by atoms with van der Waals surface area (Å²) in [6.07, 6.45) is 0.869. The zero-order valence-electron chi connectivity index (χ0n) is 15.1. The maximum absolute atomic E-state index is 13.9. The smallest absolute Gasteiger partial charge is 0.272 e. The third-order valence-corrected chi connectivity index (χ3v) is 5.05. The normalized spacial score (nSPS) is 15.7. The zero-order chi connectivity index (χ0) is 18.6. The molecule has 27 heavy (non-hydrogen) atoms. The zero-order valence-corrected chi connectivity index (χ0v) is 15.1. The first-order chi connectivity index (χ1) is 13.2. The van der Waals surface area contributed by atoms with Gasteiger partial charge in [-0.2, -0.15) is 0 Å². The molecule has 0 unspecified atom stereocenters. The molecule has 4 rings (SSSR count). The molecule has 1 aliphatic heterocycles. The maximum atomic E-state index is 13.9. The lowest BCUT2D eigenvalue weighted by Gasteiger charge is -2.22. The lowest BCUT2D eigenvalue weighted by atomic mass is 10.2. The van der Waals surface area contributed by atoms with Crippen molar-refractivity contribution in [2.45, 2.75) is 13.0 Å².